The molecular formula is C55H47N. The van der Waals surface area contributed by atoms with E-state index in [-0.39, 0.29) is 16.2 Å². The van der Waals surface area contributed by atoms with Gasteiger partial charge >= 0.3 is 0 Å². The fraction of sp³-hybridized carbons (Fsp3) is 0.236. The standard InChI is InChI=1S/C55H47N/c1-53(2)47-17-8-5-12-41(47)44-28-26-38(31-50(44)53)56(39-27-29-45-42-13-7-10-19-49(42)55(51(45)32-39)33-34-20-23-36(55)30-34)37-24-21-35(22-25-37)40-15-11-16-46-43-14-6-9-18-48(43)54(3,4)52(40)46/h5-19,21-22,24-29,31-32,34,36H,20,23,30,33H2,1-4H3. The monoisotopic (exact) mass is 721 g/mol. The minimum Gasteiger partial charge on any atom is -0.310 e. The Balaban J connectivity index is 1.02. The van der Waals surface area contributed by atoms with Crippen molar-refractivity contribution < 1.29 is 0 Å². The van der Waals surface area contributed by atoms with Gasteiger partial charge in [0.2, 0.25) is 0 Å². The van der Waals surface area contributed by atoms with Gasteiger partial charge in [-0.1, -0.05) is 149 Å². The lowest BCUT2D eigenvalue weighted by atomic mass is 9.67. The first-order valence-corrected chi connectivity index (χ1v) is 20.9. The van der Waals surface area contributed by atoms with Crippen LogP contribution in [0.5, 0.6) is 0 Å². The third-order valence-electron chi connectivity index (χ3n) is 15.1. The van der Waals surface area contributed by atoms with Crippen molar-refractivity contribution in [1.29, 1.82) is 0 Å². The van der Waals surface area contributed by atoms with Gasteiger partial charge < -0.3 is 4.90 Å². The highest BCUT2D eigenvalue weighted by atomic mass is 15.1. The van der Waals surface area contributed by atoms with Gasteiger partial charge in [-0.05, 0) is 145 Å². The predicted octanol–water partition coefficient (Wildman–Crippen LogP) is 14.5. The molecule has 3 atom stereocenters. The van der Waals surface area contributed by atoms with Crippen molar-refractivity contribution in [2.24, 2.45) is 11.8 Å². The molecule has 0 radical (unpaired) electrons. The number of rotatable bonds is 4. The van der Waals surface area contributed by atoms with E-state index in [4.69, 9.17) is 0 Å². The van der Waals surface area contributed by atoms with Gasteiger partial charge in [-0.3, -0.25) is 0 Å². The van der Waals surface area contributed by atoms with Crippen LogP contribution < -0.4 is 4.90 Å². The summed E-state index contributed by atoms with van der Waals surface area (Å²) in [6.07, 6.45) is 5.39. The molecule has 272 valence electrons. The van der Waals surface area contributed by atoms with E-state index in [0.29, 0.717) is 0 Å². The fourth-order valence-electron chi connectivity index (χ4n) is 12.7. The van der Waals surface area contributed by atoms with Gasteiger partial charge in [0, 0.05) is 33.3 Å². The molecule has 1 nitrogen and oxygen atoms in total. The Morgan fingerprint density at radius 2 is 0.946 bits per heavy atom. The molecule has 0 aliphatic heterocycles. The van der Waals surface area contributed by atoms with Crippen molar-refractivity contribution in [3.63, 3.8) is 0 Å². The average Bonchev–Trinajstić information content (AvgIpc) is 4.02. The van der Waals surface area contributed by atoms with E-state index in [0.717, 1.165) is 11.8 Å². The molecule has 3 unspecified atom stereocenters. The van der Waals surface area contributed by atoms with Gasteiger partial charge in [0.1, 0.15) is 0 Å². The molecule has 0 amide bonds. The van der Waals surface area contributed by atoms with Gasteiger partial charge in [-0.2, -0.15) is 0 Å². The molecule has 0 aromatic heterocycles. The molecule has 1 heteroatoms. The summed E-state index contributed by atoms with van der Waals surface area (Å²) in [5, 5.41) is 0. The summed E-state index contributed by atoms with van der Waals surface area (Å²) in [4.78, 5) is 2.54. The Labute approximate surface area is 331 Å². The maximum absolute atomic E-state index is 2.60. The lowest BCUT2D eigenvalue weighted by Gasteiger charge is -2.37. The molecule has 2 saturated carbocycles. The number of hydrogen-bond acceptors (Lipinski definition) is 1. The van der Waals surface area contributed by atoms with E-state index < -0.39 is 0 Å². The zero-order valence-corrected chi connectivity index (χ0v) is 32.9. The quantitative estimate of drug-likeness (QED) is 0.175. The van der Waals surface area contributed by atoms with E-state index in [9.17, 15) is 0 Å². The van der Waals surface area contributed by atoms with Gasteiger partial charge in [0.15, 0.2) is 0 Å². The minimum absolute atomic E-state index is 0.0698. The highest BCUT2D eigenvalue weighted by Crippen LogP contribution is 2.66. The average molecular weight is 722 g/mol. The molecule has 0 saturated heterocycles. The Bertz CT molecular complexity index is 2780. The number of anilines is 3. The molecule has 1 spiro atoms. The van der Waals surface area contributed by atoms with Crippen LogP contribution in [0.4, 0.5) is 17.1 Å². The van der Waals surface area contributed by atoms with Crippen LogP contribution >= 0.6 is 0 Å². The zero-order valence-electron chi connectivity index (χ0n) is 32.9. The molecule has 0 N–H and O–H groups in total. The van der Waals surface area contributed by atoms with Crippen molar-refractivity contribution in [1.82, 2.24) is 0 Å². The van der Waals surface area contributed by atoms with Crippen molar-refractivity contribution >= 4 is 17.1 Å². The highest BCUT2D eigenvalue weighted by molar-refractivity contribution is 5.91. The fourth-order valence-corrected chi connectivity index (χ4v) is 12.7. The molecular weight excluding hydrogens is 675 g/mol. The van der Waals surface area contributed by atoms with Gasteiger partial charge in [-0.15, -0.1) is 0 Å². The Morgan fingerprint density at radius 1 is 0.429 bits per heavy atom. The smallest absolute Gasteiger partial charge is 0.0465 e. The first-order chi connectivity index (χ1) is 27.2. The molecule has 5 aliphatic rings. The van der Waals surface area contributed by atoms with Crippen LogP contribution in [0.2, 0.25) is 0 Å². The number of fused-ring (bicyclic) bond motifs is 14. The number of benzene rings is 7. The zero-order chi connectivity index (χ0) is 37.6. The lowest BCUT2D eigenvalue weighted by Crippen LogP contribution is -2.32. The molecule has 12 rings (SSSR count). The van der Waals surface area contributed by atoms with Crippen LogP contribution in [0, 0.1) is 11.8 Å². The number of hydrogen-bond donors (Lipinski definition) is 0. The van der Waals surface area contributed by atoms with Crippen LogP contribution in [0.25, 0.3) is 44.5 Å². The second kappa shape index (κ2) is 11.2. The Morgan fingerprint density at radius 3 is 1.61 bits per heavy atom. The van der Waals surface area contributed by atoms with Crippen LogP contribution in [0.15, 0.2) is 152 Å². The van der Waals surface area contributed by atoms with E-state index in [1.165, 1.54) is 110 Å². The Hall–Kier alpha value is -5.66. The second-order valence-electron chi connectivity index (χ2n) is 18.5. The molecule has 2 fully saturated rings. The molecule has 0 heterocycles. The normalized spacial score (nSPS) is 22.0. The molecule has 7 aromatic rings. The van der Waals surface area contributed by atoms with Crippen LogP contribution in [0.3, 0.4) is 0 Å². The summed E-state index contributed by atoms with van der Waals surface area (Å²) in [7, 11) is 0. The first kappa shape index (κ1) is 32.6. The third kappa shape index (κ3) is 4.16. The summed E-state index contributed by atoms with van der Waals surface area (Å²) >= 11 is 0. The van der Waals surface area contributed by atoms with Crippen molar-refractivity contribution in [3.05, 3.63) is 185 Å². The van der Waals surface area contributed by atoms with E-state index in [2.05, 4.69) is 184 Å². The maximum Gasteiger partial charge on any atom is 0.0465 e. The summed E-state index contributed by atoms with van der Waals surface area (Å²) in [5.74, 6) is 1.56. The third-order valence-corrected chi connectivity index (χ3v) is 15.1. The predicted molar refractivity (Wildman–Crippen MR) is 233 cm³/mol. The van der Waals surface area contributed by atoms with E-state index in [1.807, 2.05) is 0 Å². The van der Waals surface area contributed by atoms with Gasteiger partial charge in [0.25, 0.3) is 0 Å². The van der Waals surface area contributed by atoms with Crippen molar-refractivity contribution in [2.45, 2.75) is 69.6 Å². The van der Waals surface area contributed by atoms with Crippen LogP contribution in [-0.4, -0.2) is 0 Å². The molecule has 56 heavy (non-hydrogen) atoms. The summed E-state index contributed by atoms with van der Waals surface area (Å²) in [6.45, 7) is 9.56. The second-order valence-corrected chi connectivity index (χ2v) is 18.5. The first-order valence-electron chi connectivity index (χ1n) is 20.9. The van der Waals surface area contributed by atoms with E-state index >= 15 is 0 Å². The molecule has 5 aliphatic carbocycles. The number of nitrogens with zero attached hydrogens (tertiary/aromatic N) is 1. The van der Waals surface area contributed by atoms with Gasteiger partial charge in [-0.25, -0.2) is 0 Å². The molecule has 2 bridgehead atoms. The Kier molecular flexibility index (Phi) is 6.53. The highest BCUT2D eigenvalue weighted by Gasteiger charge is 2.56. The minimum atomic E-state index is -0.0811. The SMILES string of the molecule is CC1(C)c2ccccc2-c2ccc(N(c3ccc(-c4cccc5c4C(C)(C)c4ccccc4-5)cc3)c3ccc4c(c3)C3(CC5CCC3C5)c3ccccc3-4)cc21. The largest absolute Gasteiger partial charge is 0.310 e. The van der Waals surface area contributed by atoms with E-state index in [1.54, 1.807) is 11.1 Å². The molecule has 7 aromatic carbocycles. The van der Waals surface area contributed by atoms with Crippen molar-refractivity contribution in [3.8, 4) is 44.5 Å². The lowest BCUT2D eigenvalue weighted by molar-refractivity contribution is 0.327. The topological polar surface area (TPSA) is 3.24 Å². The summed E-state index contributed by atoms with van der Waals surface area (Å²) in [6, 6.07) is 58.3. The van der Waals surface area contributed by atoms with Crippen LogP contribution in [-0.2, 0) is 16.2 Å². The van der Waals surface area contributed by atoms with Crippen LogP contribution in [0.1, 0.15) is 86.8 Å². The summed E-state index contributed by atoms with van der Waals surface area (Å²) < 4.78 is 0. The maximum atomic E-state index is 2.60. The van der Waals surface area contributed by atoms with Gasteiger partial charge in [0.05, 0.1) is 0 Å². The summed E-state index contributed by atoms with van der Waals surface area (Å²) in [5.41, 5.74) is 23.4. The van der Waals surface area contributed by atoms with Crippen molar-refractivity contribution in [2.75, 3.05) is 4.90 Å².